The molecule has 3 aromatic rings. The Morgan fingerprint density at radius 1 is 0.667 bits per heavy atom. The van der Waals surface area contributed by atoms with Crippen molar-refractivity contribution in [3.05, 3.63) is 57.7 Å². The topological polar surface area (TPSA) is 89.3 Å². The van der Waals surface area contributed by atoms with E-state index in [9.17, 15) is 14.4 Å². The predicted molar refractivity (Wildman–Crippen MR) is 150 cm³/mol. The van der Waals surface area contributed by atoms with Gasteiger partial charge in [0, 0.05) is 13.1 Å². The summed E-state index contributed by atoms with van der Waals surface area (Å²) in [6.07, 6.45) is 9.07. The van der Waals surface area contributed by atoms with E-state index < -0.39 is 11.9 Å². The largest absolute Gasteiger partial charge is 0.462 e. The van der Waals surface area contributed by atoms with Crippen LogP contribution in [0.4, 0.5) is 0 Å². The summed E-state index contributed by atoms with van der Waals surface area (Å²) in [7, 11) is 0. The van der Waals surface area contributed by atoms with Crippen LogP contribution in [-0.4, -0.2) is 74.2 Å². The molecule has 0 aliphatic carbocycles. The minimum atomic E-state index is -0.461. The molecule has 0 atom stereocenters. The van der Waals surface area contributed by atoms with Gasteiger partial charge in [0.15, 0.2) is 0 Å². The second-order valence-corrected chi connectivity index (χ2v) is 10.6. The molecule has 0 spiro atoms. The molecule has 5 rings (SSSR count). The van der Waals surface area contributed by atoms with E-state index >= 15 is 0 Å². The second-order valence-electron chi connectivity index (χ2n) is 10.6. The average Bonchev–Trinajstić information content (AvgIpc) is 2.98. The van der Waals surface area contributed by atoms with Crippen LogP contribution < -0.4 is 5.43 Å². The molecule has 208 valence electrons. The van der Waals surface area contributed by atoms with Crippen molar-refractivity contribution in [1.29, 1.82) is 0 Å². The molecule has 8 nitrogen and oxygen atoms in total. The molecule has 0 amide bonds. The summed E-state index contributed by atoms with van der Waals surface area (Å²) in [6, 6.07) is 9.48. The highest BCUT2D eigenvalue weighted by molar-refractivity contribution is 5.99. The second kappa shape index (κ2) is 13.2. The predicted octanol–water partition coefficient (Wildman–Crippen LogP) is 5.01. The molecule has 2 saturated heterocycles. The van der Waals surface area contributed by atoms with Crippen LogP contribution in [-0.2, 0) is 9.47 Å². The minimum absolute atomic E-state index is 0.275. The first kappa shape index (κ1) is 27.3. The van der Waals surface area contributed by atoms with Crippen molar-refractivity contribution in [2.45, 2.75) is 51.4 Å². The first-order chi connectivity index (χ1) is 19.1. The van der Waals surface area contributed by atoms with Crippen molar-refractivity contribution in [3.8, 4) is 0 Å². The zero-order chi connectivity index (χ0) is 27.0. The Morgan fingerprint density at radius 2 is 1.10 bits per heavy atom. The number of ether oxygens (including phenoxy) is 2. The fraction of sp³-hybridized carbons (Fsp3) is 0.516. The third-order valence-electron chi connectivity index (χ3n) is 7.74. The fourth-order valence-electron chi connectivity index (χ4n) is 5.55. The van der Waals surface area contributed by atoms with Gasteiger partial charge in [-0.1, -0.05) is 12.8 Å². The summed E-state index contributed by atoms with van der Waals surface area (Å²) in [4.78, 5) is 43.4. The van der Waals surface area contributed by atoms with Crippen LogP contribution in [0.15, 0.2) is 45.6 Å². The molecule has 2 aliphatic rings. The van der Waals surface area contributed by atoms with Crippen molar-refractivity contribution in [1.82, 2.24) is 9.80 Å². The lowest BCUT2D eigenvalue weighted by molar-refractivity contribution is 0.0476. The lowest BCUT2D eigenvalue weighted by Crippen LogP contribution is -2.31. The molecule has 2 aromatic carbocycles. The highest BCUT2D eigenvalue weighted by Gasteiger charge is 2.16. The normalized spacial score (nSPS) is 16.9. The Kier molecular flexibility index (Phi) is 9.27. The van der Waals surface area contributed by atoms with Crippen molar-refractivity contribution < 1.29 is 23.5 Å². The third kappa shape index (κ3) is 7.05. The monoisotopic (exact) mass is 534 g/mol. The first-order valence-electron chi connectivity index (χ1n) is 14.4. The van der Waals surface area contributed by atoms with Crippen LogP contribution in [0.1, 0.15) is 72.1 Å². The number of carbonyl (C=O) groups excluding carboxylic acids is 2. The van der Waals surface area contributed by atoms with Gasteiger partial charge in [-0.3, -0.25) is 4.79 Å². The molecular weight excluding hydrogens is 496 g/mol. The van der Waals surface area contributed by atoms with Crippen LogP contribution in [0.5, 0.6) is 0 Å². The van der Waals surface area contributed by atoms with E-state index in [0.29, 0.717) is 35.5 Å². The van der Waals surface area contributed by atoms with Gasteiger partial charge in [0.2, 0.25) is 5.43 Å². The molecule has 0 radical (unpaired) electrons. The molecule has 0 saturated carbocycles. The van der Waals surface area contributed by atoms with E-state index in [1.807, 2.05) is 0 Å². The van der Waals surface area contributed by atoms with Crippen LogP contribution in [0.2, 0.25) is 0 Å². The maximum atomic E-state index is 13.3. The summed E-state index contributed by atoms with van der Waals surface area (Å²) in [5.41, 5.74) is 1.06. The third-order valence-corrected chi connectivity index (χ3v) is 7.74. The summed E-state index contributed by atoms with van der Waals surface area (Å²) >= 11 is 0. The van der Waals surface area contributed by atoms with E-state index in [-0.39, 0.29) is 16.2 Å². The maximum absolute atomic E-state index is 13.3. The summed E-state index contributed by atoms with van der Waals surface area (Å²) in [6.45, 7) is 6.96. The van der Waals surface area contributed by atoms with Crippen molar-refractivity contribution in [3.63, 3.8) is 0 Å². The molecular formula is C31H38N2O6. The maximum Gasteiger partial charge on any atom is 0.338 e. The minimum Gasteiger partial charge on any atom is -0.462 e. The smallest absolute Gasteiger partial charge is 0.338 e. The van der Waals surface area contributed by atoms with E-state index in [4.69, 9.17) is 13.9 Å². The molecule has 2 fully saturated rings. The number of nitrogens with zero attached hydrogens (tertiary/aromatic N) is 2. The van der Waals surface area contributed by atoms with E-state index in [2.05, 4.69) is 9.80 Å². The number of carbonyl (C=O) groups is 2. The number of rotatable bonds is 10. The van der Waals surface area contributed by atoms with Crippen molar-refractivity contribution >= 4 is 33.9 Å². The molecule has 0 N–H and O–H groups in total. The number of hydrogen-bond donors (Lipinski definition) is 0. The highest BCUT2D eigenvalue weighted by Crippen LogP contribution is 2.22. The Morgan fingerprint density at radius 3 is 1.54 bits per heavy atom. The van der Waals surface area contributed by atoms with Crippen LogP contribution in [0.25, 0.3) is 21.9 Å². The molecule has 0 bridgehead atoms. The van der Waals surface area contributed by atoms with Gasteiger partial charge in [0.05, 0.1) is 35.1 Å². The molecule has 2 aliphatic heterocycles. The van der Waals surface area contributed by atoms with Gasteiger partial charge in [-0.2, -0.15) is 0 Å². The zero-order valence-electron chi connectivity index (χ0n) is 22.6. The van der Waals surface area contributed by atoms with E-state index in [1.165, 1.54) is 50.7 Å². The van der Waals surface area contributed by atoms with Gasteiger partial charge in [-0.25, -0.2) is 9.59 Å². The molecule has 8 heteroatoms. The standard InChI is InChI=1S/C31H38N2O6/c34-29-25-21-23(30(35)37-19-7-17-32-13-3-1-4-14-32)9-11-27(25)39-28-12-10-24(22-26(28)29)31(36)38-20-8-18-33-15-5-2-6-16-33/h9-12,21-22H,1-8,13-20H2. The van der Waals surface area contributed by atoms with Crippen LogP contribution in [0.3, 0.4) is 0 Å². The molecule has 0 unspecified atom stereocenters. The number of benzene rings is 2. The van der Waals surface area contributed by atoms with Crippen molar-refractivity contribution in [2.75, 3.05) is 52.5 Å². The van der Waals surface area contributed by atoms with Gasteiger partial charge >= 0.3 is 11.9 Å². The summed E-state index contributed by atoms with van der Waals surface area (Å²) < 4.78 is 16.9. The van der Waals surface area contributed by atoms with E-state index in [1.54, 1.807) is 24.3 Å². The van der Waals surface area contributed by atoms with Gasteiger partial charge in [-0.15, -0.1) is 0 Å². The fourth-order valence-corrected chi connectivity index (χ4v) is 5.55. The van der Waals surface area contributed by atoms with E-state index in [0.717, 1.165) is 52.1 Å². The van der Waals surface area contributed by atoms with Gasteiger partial charge in [0.25, 0.3) is 0 Å². The number of likely N-dealkylation sites (tertiary alicyclic amines) is 2. The lowest BCUT2D eigenvalue weighted by Gasteiger charge is -2.26. The zero-order valence-corrected chi connectivity index (χ0v) is 22.6. The van der Waals surface area contributed by atoms with Crippen LogP contribution >= 0.6 is 0 Å². The first-order valence-corrected chi connectivity index (χ1v) is 14.4. The number of esters is 2. The van der Waals surface area contributed by atoms with Crippen molar-refractivity contribution in [2.24, 2.45) is 0 Å². The molecule has 3 heterocycles. The quantitative estimate of drug-likeness (QED) is 0.204. The van der Waals surface area contributed by atoms with Gasteiger partial charge < -0.3 is 23.7 Å². The lowest BCUT2D eigenvalue weighted by atomic mass is 10.1. The Balaban J connectivity index is 1.21. The Labute approximate surface area is 228 Å². The number of hydrogen-bond acceptors (Lipinski definition) is 8. The Hall–Kier alpha value is -3.23. The molecule has 39 heavy (non-hydrogen) atoms. The summed E-state index contributed by atoms with van der Waals surface area (Å²) in [5.74, 6) is -0.922. The highest BCUT2D eigenvalue weighted by atomic mass is 16.5. The van der Waals surface area contributed by atoms with Gasteiger partial charge in [-0.05, 0) is 101 Å². The number of piperidine rings is 2. The van der Waals surface area contributed by atoms with Gasteiger partial charge in [0.1, 0.15) is 11.2 Å². The Bertz CT molecular complexity index is 1260. The summed E-state index contributed by atoms with van der Waals surface area (Å²) in [5, 5.41) is 0.551. The average molecular weight is 535 g/mol. The number of fused-ring (bicyclic) bond motifs is 2. The van der Waals surface area contributed by atoms with Crippen LogP contribution in [0, 0.1) is 0 Å². The SMILES string of the molecule is O=C(OCCCN1CCCCC1)c1ccc2oc3ccc(C(=O)OCCCN4CCCCC4)cc3c(=O)c2c1. The molecule has 1 aromatic heterocycles.